The first-order valence-corrected chi connectivity index (χ1v) is 6.99. The summed E-state index contributed by atoms with van der Waals surface area (Å²) in [5, 5.41) is 0.426. The molecule has 0 bridgehead atoms. The molecule has 0 aliphatic rings. The van der Waals surface area contributed by atoms with E-state index in [0.29, 0.717) is 16.5 Å². The first-order chi connectivity index (χ1) is 11.0. The molecular weight excluding hydrogens is 303 g/mol. The van der Waals surface area contributed by atoms with Crippen molar-refractivity contribution in [2.45, 2.75) is 6.18 Å². The molecule has 0 atom stereocenters. The predicted molar refractivity (Wildman–Crippen MR) is 82.0 cm³/mol. The predicted octanol–water partition coefficient (Wildman–Crippen LogP) is 5.67. The Bertz CT molecular complexity index is 1000. The number of hydrogen-bond acceptors (Lipinski definition) is 2. The van der Waals surface area contributed by atoms with E-state index in [4.69, 9.17) is 4.42 Å². The fraction of sp³-hybridized carbons (Fsp3) is 0.0556. The quantitative estimate of drug-likeness (QED) is 0.453. The molecular formula is C18H10F3NO. The number of alkyl halides is 3. The fourth-order valence-electron chi connectivity index (χ4n) is 2.70. The summed E-state index contributed by atoms with van der Waals surface area (Å²) >= 11 is 0. The fourth-order valence-corrected chi connectivity index (χ4v) is 2.70. The van der Waals surface area contributed by atoms with Crippen molar-refractivity contribution >= 4 is 22.1 Å². The molecule has 2 nitrogen and oxygen atoms in total. The zero-order valence-corrected chi connectivity index (χ0v) is 11.8. The number of pyridine rings is 1. The van der Waals surface area contributed by atoms with Gasteiger partial charge in [0.25, 0.3) is 0 Å². The monoisotopic (exact) mass is 313 g/mol. The van der Waals surface area contributed by atoms with Crippen molar-refractivity contribution in [1.29, 1.82) is 0 Å². The SMILES string of the molecule is FC(F)(F)c1cc(-c2ccccc2)nc2oc3ccccc3c12. The standard InChI is InChI=1S/C18H10F3NO/c19-18(20,21)13-10-14(11-6-2-1-3-7-11)22-17-16(13)12-8-4-5-9-15(12)23-17/h1-10H. The second-order valence-electron chi connectivity index (χ2n) is 5.20. The van der Waals surface area contributed by atoms with Gasteiger partial charge in [-0.2, -0.15) is 13.2 Å². The summed E-state index contributed by atoms with van der Waals surface area (Å²) < 4.78 is 46.2. The third-order valence-electron chi connectivity index (χ3n) is 3.72. The number of para-hydroxylation sites is 1. The molecule has 2 heterocycles. The molecule has 0 spiro atoms. The summed E-state index contributed by atoms with van der Waals surface area (Å²) in [5.41, 5.74) is 0.515. The van der Waals surface area contributed by atoms with Crippen LogP contribution in [-0.4, -0.2) is 4.98 Å². The van der Waals surface area contributed by atoms with Gasteiger partial charge in [-0.15, -0.1) is 0 Å². The molecule has 0 saturated carbocycles. The van der Waals surface area contributed by atoms with E-state index in [9.17, 15) is 13.2 Å². The van der Waals surface area contributed by atoms with Crippen LogP contribution in [0.3, 0.4) is 0 Å². The smallest absolute Gasteiger partial charge is 0.417 e. The number of rotatable bonds is 1. The minimum Gasteiger partial charge on any atom is -0.438 e. The highest BCUT2D eigenvalue weighted by molar-refractivity contribution is 6.06. The number of fused-ring (bicyclic) bond motifs is 3. The number of halogens is 3. The lowest BCUT2D eigenvalue weighted by Crippen LogP contribution is -2.06. The molecule has 2 aromatic heterocycles. The van der Waals surface area contributed by atoms with Crippen LogP contribution in [0, 0.1) is 0 Å². The first-order valence-electron chi connectivity index (χ1n) is 6.99. The van der Waals surface area contributed by atoms with E-state index < -0.39 is 11.7 Å². The number of hydrogen-bond donors (Lipinski definition) is 0. The lowest BCUT2D eigenvalue weighted by molar-refractivity contribution is -0.136. The Morgan fingerprint density at radius 1 is 0.870 bits per heavy atom. The highest BCUT2D eigenvalue weighted by Crippen LogP contribution is 2.40. The Morgan fingerprint density at radius 2 is 1.57 bits per heavy atom. The molecule has 0 fully saturated rings. The van der Waals surface area contributed by atoms with Gasteiger partial charge in [-0.3, -0.25) is 0 Å². The average Bonchev–Trinajstić information content (AvgIpc) is 2.92. The number of aromatic nitrogens is 1. The lowest BCUT2D eigenvalue weighted by Gasteiger charge is -2.10. The molecule has 0 radical (unpaired) electrons. The zero-order valence-electron chi connectivity index (χ0n) is 11.8. The van der Waals surface area contributed by atoms with Crippen molar-refractivity contribution < 1.29 is 17.6 Å². The molecule has 4 rings (SSSR count). The summed E-state index contributed by atoms with van der Waals surface area (Å²) in [6.07, 6.45) is -4.49. The molecule has 5 heteroatoms. The van der Waals surface area contributed by atoms with Crippen molar-refractivity contribution in [2.75, 3.05) is 0 Å². The minimum absolute atomic E-state index is 0.000113. The maximum atomic E-state index is 13.5. The van der Waals surface area contributed by atoms with Crippen molar-refractivity contribution in [3.05, 3.63) is 66.2 Å². The maximum Gasteiger partial charge on any atom is 0.417 e. The topological polar surface area (TPSA) is 26.0 Å². The van der Waals surface area contributed by atoms with Gasteiger partial charge in [0.05, 0.1) is 16.6 Å². The van der Waals surface area contributed by atoms with Gasteiger partial charge < -0.3 is 4.42 Å². The maximum absolute atomic E-state index is 13.5. The highest BCUT2D eigenvalue weighted by atomic mass is 19.4. The summed E-state index contributed by atoms with van der Waals surface area (Å²) in [6, 6.07) is 16.5. The minimum atomic E-state index is -4.49. The van der Waals surface area contributed by atoms with Gasteiger partial charge in [-0.25, -0.2) is 4.98 Å². The molecule has 2 aromatic carbocycles. The van der Waals surface area contributed by atoms with Crippen LogP contribution in [0.1, 0.15) is 5.56 Å². The van der Waals surface area contributed by atoms with Gasteiger partial charge in [-0.1, -0.05) is 48.5 Å². The Balaban J connectivity index is 2.12. The van der Waals surface area contributed by atoms with E-state index in [-0.39, 0.29) is 16.8 Å². The van der Waals surface area contributed by atoms with Crippen LogP contribution in [0.2, 0.25) is 0 Å². The van der Waals surface area contributed by atoms with Gasteiger partial charge in [0.1, 0.15) is 5.58 Å². The highest BCUT2D eigenvalue weighted by Gasteiger charge is 2.35. The largest absolute Gasteiger partial charge is 0.438 e. The Hall–Kier alpha value is -2.82. The summed E-state index contributed by atoms with van der Waals surface area (Å²) in [5.74, 6) is 0. The van der Waals surface area contributed by atoms with Crippen LogP contribution in [0.4, 0.5) is 13.2 Å². The summed E-state index contributed by atoms with van der Waals surface area (Å²) in [6.45, 7) is 0. The average molecular weight is 313 g/mol. The third-order valence-corrected chi connectivity index (χ3v) is 3.72. The molecule has 0 aliphatic heterocycles. The van der Waals surface area contributed by atoms with Crippen LogP contribution in [0.25, 0.3) is 33.3 Å². The van der Waals surface area contributed by atoms with Gasteiger partial charge in [0, 0.05) is 10.9 Å². The van der Waals surface area contributed by atoms with Crippen molar-refractivity contribution in [3.63, 3.8) is 0 Å². The van der Waals surface area contributed by atoms with Gasteiger partial charge >= 0.3 is 6.18 Å². The van der Waals surface area contributed by atoms with Gasteiger partial charge in [0.15, 0.2) is 0 Å². The summed E-state index contributed by atoms with van der Waals surface area (Å²) in [4.78, 5) is 4.29. The van der Waals surface area contributed by atoms with E-state index >= 15 is 0 Å². The van der Waals surface area contributed by atoms with E-state index in [1.807, 2.05) is 0 Å². The molecule has 0 aliphatic carbocycles. The summed E-state index contributed by atoms with van der Waals surface area (Å²) in [7, 11) is 0. The number of benzene rings is 2. The van der Waals surface area contributed by atoms with Crippen molar-refractivity contribution in [2.24, 2.45) is 0 Å². The second-order valence-corrected chi connectivity index (χ2v) is 5.20. The van der Waals surface area contributed by atoms with Crippen LogP contribution < -0.4 is 0 Å². The lowest BCUT2D eigenvalue weighted by atomic mass is 10.0. The zero-order chi connectivity index (χ0) is 16.0. The van der Waals surface area contributed by atoms with E-state index in [2.05, 4.69) is 4.98 Å². The van der Waals surface area contributed by atoms with E-state index in [1.165, 1.54) is 0 Å². The molecule has 0 saturated heterocycles. The van der Waals surface area contributed by atoms with Crippen LogP contribution in [0.5, 0.6) is 0 Å². The molecule has 23 heavy (non-hydrogen) atoms. The number of furan rings is 1. The third kappa shape index (κ3) is 2.25. The molecule has 0 N–H and O–H groups in total. The molecule has 114 valence electrons. The van der Waals surface area contributed by atoms with E-state index in [1.54, 1.807) is 54.6 Å². The van der Waals surface area contributed by atoms with Gasteiger partial charge in [-0.05, 0) is 12.1 Å². The molecule has 4 aromatic rings. The van der Waals surface area contributed by atoms with Crippen LogP contribution in [0.15, 0.2) is 65.1 Å². The normalized spacial score (nSPS) is 12.1. The first kappa shape index (κ1) is 13.8. The van der Waals surface area contributed by atoms with E-state index in [0.717, 1.165) is 6.07 Å². The van der Waals surface area contributed by atoms with Gasteiger partial charge in [0.2, 0.25) is 5.71 Å². The van der Waals surface area contributed by atoms with Crippen molar-refractivity contribution in [1.82, 2.24) is 4.98 Å². The van der Waals surface area contributed by atoms with Crippen LogP contribution >= 0.6 is 0 Å². The Kier molecular flexibility index (Phi) is 2.91. The Labute approximate surface area is 129 Å². The Morgan fingerprint density at radius 3 is 2.30 bits per heavy atom. The number of nitrogens with zero attached hydrogens (tertiary/aromatic N) is 1. The van der Waals surface area contributed by atoms with Crippen LogP contribution in [-0.2, 0) is 6.18 Å². The molecule has 0 unspecified atom stereocenters. The molecule has 0 amide bonds. The van der Waals surface area contributed by atoms with Crippen molar-refractivity contribution in [3.8, 4) is 11.3 Å². The second kappa shape index (κ2) is 4.84.